The number of hydrogen-bond donors (Lipinski definition) is 4. The van der Waals surface area contributed by atoms with Gasteiger partial charge in [0, 0.05) is 12.9 Å². The molecule has 0 saturated carbocycles. The molecule has 0 bridgehead atoms. The van der Waals surface area contributed by atoms with E-state index in [9.17, 15) is 9.59 Å². The van der Waals surface area contributed by atoms with E-state index in [1.54, 1.807) is 19.2 Å². The standard InChI is InChI=1S/C12H17N3O4S/c1-15(13)11(14-7-20-6-10(16)17)8-3-2-4-9(5-8)12(18)19/h2-5,11,14H,6-7,13H2,1H3,(H,16,17)(H,18,19). The Labute approximate surface area is 120 Å². The van der Waals surface area contributed by atoms with Crippen LogP contribution in [0.2, 0.25) is 0 Å². The molecule has 0 spiro atoms. The van der Waals surface area contributed by atoms with Gasteiger partial charge >= 0.3 is 11.9 Å². The maximum absolute atomic E-state index is 10.9. The van der Waals surface area contributed by atoms with Gasteiger partial charge in [-0.1, -0.05) is 12.1 Å². The number of aliphatic carboxylic acids is 1. The van der Waals surface area contributed by atoms with Crippen LogP contribution in [0.15, 0.2) is 24.3 Å². The second-order valence-electron chi connectivity index (χ2n) is 4.09. The van der Waals surface area contributed by atoms with E-state index in [-0.39, 0.29) is 11.3 Å². The Bertz CT molecular complexity index is 482. The predicted molar refractivity (Wildman–Crippen MR) is 76.2 cm³/mol. The third-order valence-electron chi connectivity index (χ3n) is 2.46. The Balaban J connectivity index is 2.73. The van der Waals surface area contributed by atoms with E-state index < -0.39 is 18.1 Å². The molecule has 1 rings (SSSR count). The van der Waals surface area contributed by atoms with Gasteiger partial charge in [0.2, 0.25) is 0 Å². The fourth-order valence-electron chi connectivity index (χ4n) is 1.61. The molecule has 0 fully saturated rings. The van der Waals surface area contributed by atoms with Crippen molar-refractivity contribution in [1.29, 1.82) is 0 Å². The number of thioether (sulfide) groups is 1. The summed E-state index contributed by atoms with van der Waals surface area (Å²) in [5.41, 5.74) is 0.875. The number of carboxylic acids is 2. The van der Waals surface area contributed by atoms with Gasteiger partial charge < -0.3 is 10.2 Å². The number of nitrogens with zero attached hydrogens (tertiary/aromatic N) is 1. The van der Waals surface area contributed by atoms with Crippen LogP contribution in [0.3, 0.4) is 0 Å². The van der Waals surface area contributed by atoms with E-state index in [1.807, 2.05) is 0 Å². The first-order valence-electron chi connectivity index (χ1n) is 5.75. The molecule has 0 heterocycles. The van der Waals surface area contributed by atoms with E-state index in [2.05, 4.69) is 5.32 Å². The second kappa shape index (κ2) is 7.85. The van der Waals surface area contributed by atoms with Crippen molar-refractivity contribution in [3.8, 4) is 0 Å². The Morgan fingerprint density at radius 3 is 2.70 bits per heavy atom. The van der Waals surface area contributed by atoms with Crippen LogP contribution in [0.4, 0.5) is 0 Å². The third kappa shape index (κ3) is 5.17. The lowest BCUT2D eigenvalue weighted by Crippen LogP contribution is -2.40. The minimum Gasteiger partial charge on any atom is -0.481 e. The fraction of sp³-hybridized carbons (Fsp3) is 0.333. The summed E-state index contributed by atoms with van der Waals surface area (Å²) in [5, 5.41) is 22.0. The Morgan fingerprint density at radius 1 is 1.45 bits per heavy atom. The Morgan fingerprint density at radius 2 is 2.15 bits per heavy atom. The molecular formula is C12H17N3O4S. The van der Waals surface area contributed by atoms with Gasteiger partial charge in [0.1, 0.15) is 0 Å². The smallest absolute Gasteiger partial charge is 0.335 e. The van der Waals surface area contributed by atoms with Gasteiger partial charge in [-0.15, -0.1) is 11.8 Å². The largest absolute Gasteiger partial charge is 0.481 e. The van der Waals surface area contributed by atoms with Gasteiger partial charge in [-0.25, -0.2) is 9.80 Å². The van der Waals surface area contributed by atoms with Gasteiger partial charge in [0.15, 0.2) is 0 Å². The Kier molecular flexibility index (Phi) is 6.46. The van der Waals surface area contributed by atoms with Crippen LogP contribution >= 0.6 is 11.8 Å². The van der Waals surface area contributed by atoms with Crippen molar-refractivity contribution in [1.82, 2.24) is 10.3 Å². The van der Waals surface area contributed by atoms with Crippen molar-refractivity contribution >= 4 is 23.7 Å². The molecule has 1 aromatic rings. The molecule has 7 nitrogen and oxygen atoms in total. The quantitative estimate of drug-likeness (QED) is 0.238. The summed E-state index contributed by atoms with van der Waals surface area (Å²) in [6.45, 7) is 0. The van der Waals surface area contributed by atoms with Crippen molar-refractivity contribution in [2.24, 2.45) is 5.84 Å². The summed E-state index contributed by atoms with van der Waals surface area (Å²) in [5.74, 6) is 4.21. The van der Waals surface area contributed by atoms with E-state index in [0.29, 0.717) is 11.4 Å². The van der Waals surface area contributed by atoms with Crippen LogP contribution in [0.25, 0.3) is 0 Å². The summed E-state index contributed by atoms with van der Waals surface area (Å²) in [4.78, 5) is 21.4. The average Bonchev–Trinajstić information content (AvgIpc) is 2.38. The maximum atomic E-state index is 10.9. The molecule has 0 amide bonds. The van der Waals surface area contributed by atoms with Crippen molar-refractivity contribution in [2.45, 2.75) is 6.17 Å². The molecule has 1 aromatic carbocycles. The lowest BCUT2D eigenvalue weighted by atomic mass is 10.1. The first kappa shape index (κ1) is 16.4. The highest BCUT2D eigenvalue weighted by atomic mass is 32.2. The van der Waals surface area contributed by atoms with Crippen molar-refractivity contribution in [2.75, 3.05) is 18.7 Å². The molecule has 0 radical (unpaired) electrons. The number of carbonyl (C=O) groups is 2. The minimum atomic E-state index is -1.01. The summed E-state index contributed by atoms with van der Waals surface area (Å²) in [6.07, 6.45) is -0.393. The lowest BCUT2D eigenvalue weighted by Gasteiger charge is -2.25. The van der Waals surface area contributed by atoms with Gasteiger partial charge in [-0.2, -0.15) is 0 Å². The summed E-state index contributed by atoms with van der Waals surface area (Å²) >= 11 is 1.20. The number of nitrogens with one attached hydrogen (secondary N) is 1. The molecule has 0 aromatic heterocycles. The molecule has 0 aliphatic rings. The highest BCUT2D eigenvalue weighted by Crippen LogP contribution is 2.16. The molecule has 0 aliphatic carbocycles. The van der Waals surface area contributed by atoms with Crippen LogP contribution in [0.1, 0.15) is 22.1 Å². The van der Waals surface area contributed by atoms with Gasteiger partial charge in [-0.05, 0) is 17.7 Å². The number of rotatable bonds is 8. The zero-order chi connectivity index (χ0) is 15.1. The normalized spacial score (nSPS) is 12.3. The predicted octanol–water partition coefficient (Wildman–Crippen LogP) is 0.554. The number of nitrogens with two attached hydrogens (primary N) is 1. The number of carboxylic acid groups (broad SMARTS) is 2. The SMILES string of the molecule is CN(N)C(NCSCC(=O)O)c1cccc(C(=O)O)c1. The average molecular weight is 299 g/mol. The molecular weight excluding hydrogens is 282 g/mol. The minimum absolute atomic E-state index is 0.0107. The van der Waals surface area contributed by atoms with E-state index >= 15 is 0 Å². The summed E-state index contributed by atoms with van der Waals surface area (Å²) < 4.78 is 0. The lowest BCUT2D eigenvalue weighted by molar-refractivity contribution is -0.133. The van der Waals surface area contributed by atoms with Crippen LogP contribution in [0.5, 0.6) is 0 Å². The maximum Gasteiger partial charge on any atom is 0.335 e. The Hall–Kier alpha value is -1.61. The molecule has 5 N–H and O–H groups in total. The first-order valence-corrected chi connectivity index (χ1v) is 6.91. The van der Waals surface area contributed by atoms with Crippen molar-refractivity contribution < 1.29 is 19.8 Å². The van der Waals surface area contributed by atoms with E-state index in [4.69, 9.17) is 16.1 Å². The van der Waals surface area contributed by atoms with Gasteiger partial charge in [0.05, 0.1) is 17.5 Å². The number of benzene rings is 1. The molecule has 1 atom stereocenters. The van der Waals surface area contributed by atoms with Crippen LogP contribution in [-0.4, -0.2) is 45.8 Å². The third-order valence-corrected chi connectivity index (χ3v) is 3.28. The molecule has 8 heteroatoms. The fourth-order valence-corrected chi connectivity index (χ4v) is 2.17. The monoisotopic (exact) mass is 299 g/mol. The van der Waals surface area contributed by atoms with Gasteiger partial charge in [0.25, 0.3) is 0 Å². The van der Waals surface area contributed by atoms with Crippen LogP contribution in [-0.2, 0) is 4.79 Å². The van der Waals surface area contributed by atoms with Gasteiger partial charge in [-0.3, -0.25) is 16.0 Å². The zero-order valence-corrected chi connectivity index (χ0v) is 11.8. The van der Waals surface area contributed by atoms with Crippen LogP contribution in [0, 0.1) is 0 Å². The van der Waals surface area contributed by atoms with Crippen LogP contribution < -0.4 is 11.2 Å². The molecule has 0 saturated heterocycles. The number of hydrogen-bond acceptors (Lipinski definition) is 6. The topological polar surface area (TPSA) is 116 Å². The zero-order valence-electron chi connectivity index (χ0n) is 10.9. The number of hydrazine groups is 1. The van der Waals surface area contributed by atoms with Crippen molar-refractivity contribution in [3.63, 3.8) is 0 Å². The molecule has 20 heavy (non-hydrogen) atoms. The van der Waals surface area contributed by atoms with E-state index in [0.717, 1.165) is 0 Å². The molecule has 0 aliphatic heterocycles. The van der Waals surface area contributed by atoms with Crippen molar-refractivity contribution in [3.05, 3.63) is 35.4 Å². The second-order valence-corrected chi connectivity index (χ2v) is 5.07. The van der Waals surface area contributed by atoms with E-state index in [1.165, 1.54) is 28.9 Å². The highest BCUT2D eigenvalue weighted by molar-refractivity contribution is 7.99. The molecule has 110 valence electrons. The summed E-state index contributed by atoms with van der Waals surface area (Å²) in [7, 11) is 1.65. The first-order chi connectivity index (χ1) is 9.41. The number of aromatic carboxylic acids is 1. The highest BCUT2D eigenvalue weighted by Gasteiger charge is 2.15. The molecule has 1 unspecified atom stereocenters. The summed E-state index contributed by atoms with van der Waals surface area (Å²) in [6, 6.07) is 6.43.